The summed E-state index contributed by atoms with van der Waals surface area (Å²) in [6.45, 7) is 1.12. The second-order valence-corrected chi connectivity index (χ2v) is 6.28. The van der Waals surface area contributed by atoms with E-state index in [4.69, 9.17) is 4.42 Å². The molecule has 0 saturated heterocycles. The first-order valence-corrected chi connectivity index (χ1v) is 9.16. The first-order chi connectivity index (χ1) is 13.7. The molecule has 0 saturated carbocycles. The van der Waals surface area contributed by atoms with Crippen molar-refractivity contribution in [2.75, 3.05) is 18.4 Å². The number of carbonyl (C=O) groups is 2. The second-order valence-electron chi connectivity index (χ2n) is 6.28. The van der Waals surface area contributed by atoms with Gasteiger partial charge in [-0.2, -0.15) is 0 Å². The molecule has 2 aromatic carbocycles. The Morgan fingerprint density at radius 3 is 2.36 bits per heavy atom. The number of benzene rings is 2. The van der Waals surface area contributed by atoms with Gasteiger partial charge in [0.05, 0.1) is 19.4 Å². The van der Waals surface area contributed by atoms with Crippen LogP contribution in [0.15, 0.2) is 77.4 Å². The van der Waals surface area contributed by atoms with Gasteiger partial charge in [-0.3, -0.25) is 9.59 Å². The molecule has 0 aliphatic rings. The summed E-state index contributed by atoms with van der Waals surface area (Å²) in [6.07, 6.45) is 2.37. The molecule has 0 atom stereocenters. The van der Waals surface area contributed by atoms with Crippen molar-refractivity contribution in [3.8, 4) is 0 Å². The molecule has 0 aliphatic carbocycles. The molecule has 6 heteroatoms. The lowest BCUT2D eigenvalue weighted by atomic mass is 10.1. The third-order valence-corrected chi connectivity index (χ3v) is 4.18. The van der Waals surface area contributed by atoms with E-state index in [1.54, 1.807) is 42.7 Å². The van der Waals surface area contributed by atoms with Crippen molar-refractivity contribution >= 4 is 17.5 Å². The molecule has 3 rings (SSSR count). The number of hydrogen-bond acceptors (Lipinski definition) is 4. The summed E-state index contributed by atoms with van der Waals surface area (Å²) in [6, 6.07) is 20.6. The number of rotatable bonds is 9. The average molecular weight is 377 g/mol. The maximum atomic E-state index is 12.1. The molecule has 1 aromatic heterocycles. The topological polar surface area (TPSA) is 83.4 Å². The van der Waals surface area contributed by atoms with Crippen LogP contribution in [0.1, 0.15) is 21.7 Å². The molecule has 0 radical (unpaired) electrons. The maximum Gasteiger partial charge on any atom is 0.251 e. The van der Waals surface area contributed by atoms with Crippen molar-refractivity contribution in [3.63, 3.8) is 0 Å². The highest BCUT2D eigenvalue weighted by atomic mass is 16.3. The molecular formula is C22H23N3O3. The molecule has 28 heavy (non-hydrogen) atoms. The Balaban J connectivity index is 1.37. The molecule has 0 fully saturated rings. The van der Waals surface area contributed by atoms with E-state index in [9.17, 15) is 9.59 Å². The van der Waals surface area contributed by atoms with Crippen molar-refractivity contribution < 1.29 is 14.0 Å². The van der Waals surface area contributed by atoms with Gasteiger partial charge < -0.3 is 20.4 Å². The van der Waals surface area contributed by atoms with E-state index in [-0.39, 0.29) is 18.4 Å². The number of carbonyl (C=O) groups excluding carboxylic acids is 2. The zero-order chi connectivity index (χ0) is 19.6. The first-order valence-electron chi connectivity index (χ1n) is 9.16. The fourth-order valence-electron chi connectivity index (χ4n) is 2.66. The molecule has 0 spiro atoms. The predicted molar refractivity (Wildman–Crippen MR) is 108 cm³/mol. The quantitative estimate of drug-likeness (QED) is 0.535. The lowest BCUT2D eigenvalue weighted by molar-refractivity contribution is -0.119. The summed E-state index contributed by atoms with van der Waals surface area (Å²) in [5.41, 5.74) is 2.52. The van der Waals surface area contributed by atoms with Crippen LogP contribution in [0.3, 0.4) is 0 Å². The molecule has 0 aliphatic heterocycles. The van der Waals surface area contributed by atoms with Crippen LogP contribution >= 0.6 is 0 Å². The summed E-state index contributed by atoms with van der Waals surface area (Å²) in [4.78, 5) is 24.0. The van der Waals surface area contributed by atoms with Crippen molar-refractivity contribution in [3.05, 3.63) is 89.9 Å². The Bertz CT molecular complexity index is 875. The molecule has 6 nitrogen and oxygen atoms in total. The molecule has 3 N–H and O–H groups in total. The van der Waals surface area contributed by atoms with Crippen LogP contribution in [-0.4, -0.2) is 24.9 Å². The SMILES string of the molecule is O=C(CNc1ccc(C(=O)NCc2ccco2)cc1)NCCc1ccccc1. The molecule has 3 aromatic rings. The van der Waals surface area contributed by atoms with Crippen molar-refractivity contribution in [1.82, 2.24) is 10.6 Å². The van der Waals surface area contributed by atoms with E-state index in [1.807, 2.05) is 30.3 Å². The minimum absolute atomic E-state index is 0.0730. The summed E-state index contributed by atoms with van der Waals surface area (Å²) in [5, 5.41) is 8.73. The molecule has 144 valence electrons. The summed E-state index contributed by atoms with van der Waals surface area (Å²) >= 11 is 0. The van der Waals surface area contributed by atoms with Crippen molar-refractivity contribution in [2.45, 2.75) is 13.0 Å². The van der Waals surface area contributed by atoms with Gasteiger partial charge in [0.15, 0.2) is 0 Å². The summed E-state index contributed by atoms with van der Waals surface area (Å²) < 4.78 is 5.18. The zero-order valence-electron chi connectivity index (χ0n) is 15.5. The Hall–Kier alpha value is -3.54. The highest BCUT2D eigenvalue weighted by molar-refractivity contribution is 5.94. The van der Waals surface area contributed by atoms with Gasteiger partial charge in [-0.25, -0.2) is 0 Å². The van der Waals surface area contributed by atoms with Crippen LogP contribution in [0.4, 0.5) is 5.69 Å². The highest BCUT2D eigenvalue weighted by Crippen LogP contribution is 2.09. The van der Waals surface area contributed by atoms with Crippen LogP contribution in [0.2, 0.25) is 0 Å². The highest BCUT2D eigenvalue weighted by Gasteiger charge is 2.07. The fraction of sp³-hybridized carbons (Fsp3) is 0.182. The van der Waals surface area contributed by atoms with E-state index >= 15 is 0 Å². The van der Waals surface area contributed by atoms with E-state index in [0.717, 1.165) is 12.1 Å². The minimum Gasteiger partial charge on any atom is -0.467 e. The molecular weight excluding hydrogens is 354 g/mol. The Morgan fingerprint density at radius 2 is 1.64 bits per heavy atom. The van der Waals surface area contributed by atoms with E-state index in [2.05, 4.69) is 16.0 Å². The van der Waals surface area contributed by atoms with Gasteiger partial charge in [0.25, 0.3) is 5.91 Å². The maximum absolute atomic E-state index is 12.1. The van der Waals surface area contributed by atoms with Gasteiger partial charge in [-0.05, 0) is 48.4 Å². The number of nitrogens with one attached hydrogen (secondary N) is 3. The Labute approximate surface area is 164 Å². The summed E-state index contributed by atoms with van der Waals surface area (Å²) in [7, 11) is 0. The van der Waals surface area contributed by atoms with Gasteiger partial charge in [0.1, 0.15) is 5.76 Å². The van der Waals surface area contributed by atoms with E-state index in [0.29, 0.717) is 24.4 Å². The van der Waals surface area contributed by atoms with Crippen molar-refractivity contribution in [1.29, 1.82) is 0 Å². The number of anilines is 1. The van der Waals surface area contributed by atoms with Gasteiger partial charge >= 0.3 is 0 Å². The molecule has 0 unspecified atom stereocenters. The van der Waals surface area contributed by atoms with Gasteiger partial charge in [-0.1, -0.05) is 30.3 Å². The summed E-state index contributed by atoms with van der Waals surface area (Å²) in [5.74, 6) is 0.447. The third kappa shape index (κ3) is 6.02. The van der Waals surface area contributed by atoms with E-state index < -0.39 is 0 Å². The minimum atomic E-state index is -0.179. The van der Waals surface area contributed by atoms with Gasteiger partial charge in [-0.15, -0.1) is 0 Å². The Morgan fingerprint density at radius 1 is 0.857 bits per heavy atom. The van der Waals surface area contributed by atoms with Crippen LogP contribution in [0.25, 0.3) is 0 Å². The van der Waals surface area contributed by atoms with Gasteiger partial charge in [0, 0.05) is 17.8 Å². The zero-order valence-corrected chi connectivity index (χ0v) is 15.5. The molecule has 0 bridgehead atoms. The second kappa shape index (κ2) is 9.97. The average Bonchev–Trinajstić information content (AvgIpc) is 3.25. The fourth-order valence-corrected chi connectivity index (χ4v) is 2.66. The van der Waals surface area contributed by atoms with E-state index in [1.165, 1.54) is 5.56 Å². The van der Waals surface area contributed by atoms with Gasteiger partial charge in [0.2, 0.25) is 5.91 Å². The number of amides is 2. The van der Waals surface area contributed by atoms with Crippen LogP contribution in [0, 0.1) is 0 Å². The lowest BCUT2D eigenvalue weighted by Crippen LogP contribution is -2.31. The Kier molecular flexibility index (Phi) is 6.84. The molecule has 1 heterocycles. The smallest absolute Gasteiger partial charge is 0.251 e. The standard InChI is InChI=1S/C22H23N3O3/c26-21(23-13-12-17-5-2-1-3-6-17)16-24-19-10-8-18(9-11-19)22(27)25-15-20-7-4-14-28-20/h1-11,14,24H,12-13,15-16H2,(H,23,26)(H,25,27). The normalized spacial score (nSPS) is 10.3. The lowest BCUT2D eigenvalue weighted by Gasteiger charge is -2.09. The van der Waals surface area contributed by atoms with Crippen LogP contribution in [-0.2, 0) is 17.8 Å². The first kappa shape index (κ1) is 19.2. The molecule has 2 amide bonds. The predicted octanol–water partition coefficient (Wildman–Crippen LogP) is 2.98. The number of furan rings is 1. The monoisotopic (exact) mass is 377 g/mol. The van der Waals surface area contributed by atoms with Crippen LogP contribution in [0.5, 0.6) is 0 Å². The van der Waals surface area contributed by atoms with Crippen LogP contribution < -0.4 is 16.0 Å². The third-order valence-electron chi connectivity index (χ3n) is 4.18. The number of hydrogen-bond donors (Lipinski definition) is 3. The largest absolute Gasteiger partial charge is 0.467 e. The van der Waals surface area contributed by atoms with Crippen molar-refractivity contribution in [2.24, 2.45) is 0 Å².